The van der Waals surface area contributed by atoms with E-state index in [-0.39, 0.29) is 11.7 Å². The zero-order chi connectivity index (χ0) is 21.2. The predicted molar refractivity (Wildman–Crippen MR) is 116 cm³/mol. The number of ether oxygens (including phenoxy) is 3. The Hall–Kier alpha value is -2.11. The summed E-state index contributed by atoms with van der Waals surface area (Å²) in [5.74, 6) is 0.518. The number of rotatable bonds is 7. The summed E-state index contributed by atoms with van der Waals surface area (Å²) in [5, 5.41) is 0. The highest BCUT2D eigenvalue weighted by Crippen LogP contribution is 2.37. The van der Waals surface area contributed by atoms with Gasteiger partial charge in [0.1, 0.15) is 6.10 Å². The van der Waals surface area contributed by atoms with Crippen molar-refractivity contribution in [3.05, 3.63) is 63.8 Å². The highest BCUT2D eigenvalue weighted by Gasteiger charge is 2.33. The Bertz CT molecular complexity index is 1040. The van der Waals surface area contributed by atoms with Crippen LogP contribution in [0.15, 0.2) is 57.5 Å². The maximum atomic E-state index is 12.9. The number of hydrogen-bond donors (Lipinski definition) is 1. The van der Waals surface area contributed by atoms with Gasteiger partial charge in [-0.05, 0) is 59.3 Å². The molecule has 0 spiro atoms. The Morgan fingerprint density at radius 2 is 1.83 bits per heavy atom. The number of carbonyl (C=O) groups excluding carboxylic acids is 1. The van der Waals surface area contributed by atoms with Crippen LogP contribution in [0.2, 0.25) is 0 Å². The fourth-order valence-corrected chi connectivity index (χ4v) is 4.76. The predicted octanol–water partition coefficient (Wildman–Crippen LogP) is 3.62. The smallest absolute Gasteiger partial charge is 0.303 e. The monoisotopic (exact) mass is 529 g/mol. The largest absolute Gasteiger partial charge is 0.456 e. The summed E-state index contributed by atoms with van der Waals surface area (Å²) in [6.45, 7) is 7.12. The van der Waals surface area contributed by atoms with E-state index in [1.807, 2.05) is 29.5 Å². The summed E-state index contributed by atoms with van der Waals surface area (Å²) < 4.78 is 45.1. The van der Waals surface area contributed by atoms with E-state index < -0.39 is 28.1 Å². The quantitative estimate of drug-likeness (QED) is 0.436. The lowest BCUT2D eigenvalue weighted by Gasteiger charge is -2.27. The molecule has 0 radical (unpaired) electrons. The van der Waals surface area contributed by atoms with E-state index in [1.165, 1.54) is 19.1 Å². The van der Waals surface area contributed by atoms with Crippen molar-refractivity contribution in [2.75, 3.05) is 6.79 Å². The van der Waals surface area contributed by atoms with E-state index in [0.29, 0.717) is 20.6 Å². The topological polar surface area (TPSA) is 90.9 Å². The molecule has 0 unspecified atom stereocenters. The van der Waals surface area contributed by atoms with Crippen molar-refractivity contribution < 1.29 is 27.4 Å². The first-order chi connectivity index (χ1) is 13.7. The molecule has 154 valence electrons. The van der Waals surface area contributed by atoms with Crippen LogP contribution in [0.4, 0.5) is 0 Å². The molecule has 1 aliphatic heterocycles. The second-order valence-corrected chi connectivity index (χ2v) is 9.60. The second-order valence-electron chi connectivity index (χ2n) is 6.50. The number of esters is 1. The van der Waals surface area contributed by atoms with Crippen LogP contribution in [0.25, 0.3) is 0 Å². The molecule has 3 rings (SSSR count). The lowest BCUT2D eigenvalue weighted by atomic mass is 10.0. The summed E-state index contributed by atoms with van der Waals surface area (Å²) in [5.41, 5.74) is 1.50. The standard InChI is InChI=1S/C20H20INO6S/c1-12-4-7-16(8-5-12)29(24,25)22-19(13(2)21)20(28-14(3)23)15-6-9-17-18(10-15)27-11-26-17/h4-10,19-20,22H,2,11H2,1,3H3/t19-,20-/m1/s1. The Balaban J connectivity index is 1.97. The highest BCUT2D eigenvalue weighted by molar-refractivity contribution is 14.1. The van der Waals surface area contributed by atoms with Crippen LogP contribution in [-0.4, -0.2) is 27.2 Å². The summed E-state index contributed by atoms with van der Waals surface area (Å²) >= 11 is 1.93. The van der Waals surface area contributed by atoms with Gasteiger partial charge in [0, 0.05) is 10.5 Å². The first-order valence-corrected chi connectivity index (χ1v) is 11.2. The van der Waals surface area contributed by atoms with Crippen LogP contribution in [0.5, 0.6) is 11.5 Å². The van der Waals surface area contributed by atoms with Gasteiger partial charge in [-0.15, -0.1) is 0 Å². The molecule has 1 heterocycles. The molecule has 0 aliphatic carbocycles. The molecular formula is C20H20INO6S. The molecular weight excluding hydrogens is 509 g/mol. The van der Waals surface area contributed by atoms with E-state index in [4.69, 9.17) is 14.2 Å². The van der Waals surface area contributed by atoms with Crippen molar-refractivity contribution >= 4 is 38.6 Å². The highest BCUT2D eigenvalue weighted by atomic mass is 127. The van der Waals surface area contributed by atoms with Gasteiger partial charge in [-0.2, -0.15) is 4.72 Å². The number of benzene rings is 2. The van der Waals surface area contributed by atoms with Crippen LogP contribution in [0.3, 0.4) is 0 Å². The zero-order valence-electron chi connectivity index (χ0n) is 15.8. The molecule has 0 saturated carbocycles. The maximum absolute atomic E-state index is 12.9. The molecule has 7 nitrogen and oxygen atoms in total. The first kappa shape index (κ1) is 21.6. The SMILES string of the molecule is C=C(I)[C@@H](NS(=O)(=O)c1ccc(C)cc1)[C@H](OC(C)=O)c1ccc2c(c1)OCO2. The van der Waals surface area contributed by atoms with Crippen molar-refractivity contribution in [3.8, 4) is 11.5 Å². The molecule has 1 aliphatic rings. The van der Waals surface area contributed by atoms with Gasteiger partial charge in [-0.25, -0.2) is 8.42 Å². The van der Waals surface area contributed by atoms with Crippen molar-refractivity contribution in [2.45, 2.75) is 30.9 Å². The molecule has 2 aromatic rings. The molecule has 1 N–H and O–H groups in total. The lowest BCUT2D eigenvalue weighted by Crippen LogP contribution is -2.40. The zero-order valence-corrected chi connectivity index (χ0v) is 18.8. The third-order valence-electron chi connectivity index (χ3n) is 4.27. The molecule has 0 amide bonds. The number of aryl methyl sites for hydroxylation is 1. The Labute approximate surface area is 183 Å². The number of fused-ring (bicyclic) bond motifs is 1. The van der Waals surface area contributed by atoms with Gasteiger partial charge < -0.3 is 14.2 Å². The van der Waals surface area contributed by atoms with Gasteiger partial charge in [0.05, 0.1) is 10.9 Å². The Kier molecular flexibility index (Phi) is 6.49. The van der Waals surface area contributed by atoms with Crippen LogP contribution in [0.1, 0.15) is 24.2 Å². The molecule has 0 bridgehead atoms. The summed E-state index contributed by atoms with van der Waals surface area (Å²) in [7, 11) is -3.88. The fourth-order valence-electron chi connectivity index (χ4n) is 2.84. The number of nitrogens with one attached hydrogen (secondary N) is 1. The average Bonchev–Trinajstić information content (AvgIpc) is 3.12. The van der Waals surface area contributed by atoms with Gasteiger partial charge in [-0.1, -0.05) is 30.3 Å². The van der Waals surface area contributed by atoms with Crippen molar-refractivity contribution in [1.29, 1.82) is 0 Å². The van der Waals surface area contributed by atoms with Crippen LogP contribution in [0, 0.1) is 6.92 Å². The molecule has 2 aromatic carbocycles. The Morgan fingerprint density at radius 1 is 1.17 bits per heavy atom. The molecule has 2 atom stereocenters. The number of hydrogen-bond acceptors (Lipinski definition) is 6. The normalized spacial score (nSPS) is 14.9. The average molecular weight is 529 g/mol. The van der Waals surface area contributed by atoms with E-state index in [9.17, 15) is 13.2 Å². The van der Waals surface area contributed by atoms with Crippen molar-refractivity contribution in [3.63, 3.8) is 0 Å². The lowest BCUT2D eigenvalue weighted by molar-refractivity contribution is -0.147. The van der Waals surface area contributed by atoms with Crippen LogP contribution in [-0.2, 0) is 19.6 Å². The molecule has 0 aromatic heterocycles. The van der Waals surface area contributed by atoms with Crippen LogP contribution < -0.4 is 14.2 Å². The van der Waals surface area contributed by atoms with Crippen LogP contribution >= 0.6 is 22.6 Å². The number of sulfonamides is 1. The molecule has 9 heteroatoms. The second kappa shape index (κ2) is 8.72. The summed E-state index contributed by atoms with van der Waals surface area (Å²) in [6.07, 6.45) is -0.938. The van der Waals surface area contributed by atoms with Gasteiger partial charge >= 0.3 is 5.97 Å². The van der Waals surface area contributed by atoms with E-state index >= 15 is 0 Å². The van der Waals surface area contributed by atoms with Gasteiger partial charge in [0.15, 0.2) is 11.5 Å². The van der Waals surface area contributed by atoms with Crippen molar-refractivity contribution in [2.24, 2.45) is 0 Å². The van der Waals surface area contributed by atoms with Gasteiger partial charge in [-0.3, -0.25) is 4.79 Å². The van der Waals surface area contributed by atoms with Crippen molar-refractivity contribution in [1.82, 2.24) is 4.72 Å². The summed E-state index contributed by atoms with van der Waals surface area (Å²) in [6, 6.07) is 10.6. The summed E-state index contributed by atoms with van der Waals surface area (Å²) in [4.78, 5) is 11.9. The first-order valence-electron chi connectivity index (χ1n) is 8.67. The number of carbonyl (C=O) groups is 1. The molecule has 0 saturated heterocycles. The number of halogens is 1. The van der Waals surface area contributed by atoms with E-state index in [2.05, 4.69) is 11.3 Å². The minimum Gasteiger partial charge on any atom is -0.456 e. The van der Waals surface area contributed by atoms with Gasteiger partial charge in [0.25, 0.3) is 0 Å². The fraction of sp³-hybridized carbons (Fsp3) is 0.250. The van der Waals surface area contributed by atoms with E-state index in [1.54, 1.807) is 30.3 Å². The minimum atomic E-state index is -3.88. The third kappa shape index (κ3) is 5.09. The molecule has 0 fully saturated rings. The van der Waals surface area contributed by atoms with E-state index in [0.717, 1.165) is 5.56 Å². The van der Waals surface area contributed by atoms with Gasteiger partial charge in [0.2, 0.25) is 16.8 Å². The molecule has 29 heavy (non-hydrogen) atoms. The minimum absolute atomic E-state index is 0.0967. The third-order valence-corrected chi connectivity index (χ3v) is 6.40. The maximum Gasteiger partial charge on any atom is 0.303 e. The Morgan fingerprint density at radius 3 is 2.45 bits per heavy atom.